The molecule has 0 saturated carbocycles. The van der Waals surface area contributed by atoms with E-state index in [0.29, 0.717) is 0 Å². The smallest absolute Gasteiger partial charge is 0.135 e. The van der Waals surface area contributed by atoms with E-state index in [-0.39, 0.29) is 0 Å². The first-order valence-electron chi connectivity index (χ1n) is 17.6. The minimum atomic E-state index is 0.887. The second-order valence-electron chi connectivity index (χ2n) is 13.3. The molecule has 11 rings (SSSR count). The average Bonchev–Trinajstić information content (AvgIpc) is 3.88. The molecule has 8 aromatic carbocycles. The summed E-state index contributed by atoms with van der Waals surface area (Å²) in [5, 5.41) is 7.29. The Balaban J connectivity index is 1.11. The molecule has 3 heterocycles. The summed E-state index contributed by atoms with van der Waals surface area (Å²) in [4.78, 5) is 2.37. The van der Waals surface area contributed by atoms with Crippen molar-refractivity contribution in [3.63, 3.8) is 0 Å². The number of hydrogen-bond acceptors (Lipinski definition) is 3. The van der Waals surface area contributed by atoms with Gasteiger partial charge in [-0.1, -0.05) is 103 Å². The zero-order valence-electron chi connectivity index (χ0n) is 28.0. The van der Waals surface area contributed by atoms with Gasteiger partial charge in [0.2, 0.25) is 0 Å². The monoisotopic (exact) mass is 682 g/mol. The van der Waals surface area contributed by atoms with E-state index in [0.717, 1.165) is 44.7 Å². The number of anilines is 3. The fourth-order valence-electron chi connectivity index (χ4n) is 8.02. The summed E-state index contributed by atoms with van der Waals surface area (Å²) in [6, 6.07) is 65.5. The van der Waals surface area contributed by atoms with Gasteiger partial charge in [-0.2, -0.15) is 0 Å². The van der Waals surface area contributed by atoms with Gasteiger partial charge in [-0.05, 0) is 90.0 Å². The van der Waals surface area contributed by atoms with Crippen molar-refractivity contribution in [3.05, 3.63) is 182 Å². The first kappa shape index (κ1) is 29.1. The van der Waals surface area contributed by atoms with Crippen molar-refractivity contribution in [2.75, 3.05) is 4.90 Å². The Hall–Kier alpha value is -6.62. The van der Waals surface area contributed by atoms with Gasteiger partial charge in [0.15, 0.2) is 0 Å². The van der Waals surface area contributed by atoms with Gasteiger partial charge in [-0.3, -0.25) is 0 Å². The molecule has 4 heteroatoms. The van der Waals surface area contributed by atoms with Gasteiger partial charge in [0, 0.05) is 64.5 Å². The highest BCUT2D eigenvalue weighted by molar-refractivity contribution is 7.26. The average molecular weight is 683 g/mol. The fraction of sp³-hybridized carbons (Fsp3) is 0. The van der Waals surface area contributed by atoms with Crippen molar-refractivity contribution in [1.29, 1.82) is 0 Å². The summed E-state index contributed by atoms with van der Waals surface area (Å²) < 4.78 is 11.3. The Morgan fingerprint density at radius 3 is 1.92 bits per heavy atom. The molecule has 0 aliphatic rings. The van der Waals surface area contributed by atoms with E-state index < -0.39 is 0 Å². The van der Waals surface area contributed by atoms with Crippen LogP contribution in [-0.2, 0) is 0 Å². The molecule has 0 fully saturated rings. The number of fused-ring (bicyclic) bond motifs is 9. The molecule has 0 aliphatic heterocycles. The molecule has 0 aliphatic carbocycles. The molecule has 52 heavy (non-hydrogen) atoms. The number of rotatable bonds is 5. The predicted molar refractivity (Wildman–Crippen MR) is 221 cm³/mol. The predicted octanol–water partition coefficient (Wildman–Crippen LogP) is 14.2. The molecule has 11 aromatic rings. The molecule has 0 bridgehead atoms. The summed E-state index contributed by atoms with van der Waals surface area (Å²) >= 11 is 1.87. The molecule has 3 nitrogen and oxygen atoms in total. The summed E-state index contributed by atoms with van der Waals surface area (Å²) in [5.74, 6) is 0. The lowest BCUT2D eigenvalue weighted by Gasteiger charge is -2.26. The molecule has 0 saturated heterocycles. The molecular formula is C48H30N2OS. The van der Waals surface area contributed by atoms with Crippen LogP contribution >= 0.6 is 11.3 Å². The molecule has 244 valence electrons. The quantitative estimate of drug-likeness (QED) is 0.180. The number of hydrogen-bond donors (Lipinski definition) is 0. The maximum Gasteiger partial charge on any atom is 0.135 e. The van der Waals surface area contributed by atoms with Crippen LogP contribution in [0.25, 0.3) is 80.7 Å². The van der Waals surface area contributed by atoms with Crippen molar-refractivity contribution in [2.45, 2.75) is 0 Å². The molecule has 0 N–H and O–H groups in total. The first-order chi connectivity index (χ1) is 25.8. The molecule has 0 radical (unpaired) electrons. The standard InChI is InChI=1S/C48H30N2OS/c1-2-11-32(12-3-1)50-43-18-7-4-13-37(43)41-29-34(25-27-44(41)50)49(35-26-28-46-42(30-35)38-14-5-8-19-45(38)51-46)33-23-21-31(22-24-33)36-16-10-17-40-39-15-6-9-20-47(39)52-48(36)40/h1-30H. The highest BCUT2D eigenvalue weighted by atomic mass is 32.1. The molecular weight excluding hydrogens is 653 g/mol. The lowest BCUT2D eigenvalue weighted by Crippen LogP contribution is -2.09. The van der Waals surface area contributed by atoms with Crippen molar-refractivity contribution in [2.24, 2.45) is 0 Å². The largest absolute Gasteiger partial charge is 0.456 e. The van der Waals surface area contributed by atoms with Crippen LogP contribution in [0.2, 0.25) is 0 Å². The van der Waals surface area contributed by atoms with Gasteiger partial charge < -0.3 is 13.9 Å². The highest BCUT2D eigenvalue weighted by Crippen LogP contribution is 2.44. The van der Waals surface area contributed by atoms with E-state index in [4.69, 9.17) is 4.42 Å². The van der Waals surface area contributed by atoms with Gasteiger partial charge in [0.1, 0.15) is 11.2 Å². The summed E-state index contributed by atoms with van der Waals surface area (Å²) in [6.07, 6.45) is 0. The third kappa shape index (κ3) is 4.45. The third-order valence-corrected chi connectivity index (χ3v) is 11.6. The van der Waals surface area contributed by atoms with Crippen molar-refractivity contribution in [3.8, 4) is 16.8 Å². The Kier molecular flexibility index (Phi) is 6.42. The first-order valence-corrected chi connectivity index (χ1v) is 18.4. The summed E-state index contributed by atoms with van der Waals surface area (Å²) in [5.41, 5.74) is 11.0. The van der Waals surface area contributed by atoms with E-state index in [2.05, 4.69) is 179 Å². The van der Waals surface area contributed by atoms with Crippen LogP contribution in [0.4, 0.5) is 17.1 Å². The van der Waals surface area contributed by atoms with Crippen molar-refractivity contribution < 1.29 is 4.42 Å². The van der Waals surface area contributed by atoms with Gasteiger partial charge >= 0.3 is 0 Å². The molecule has 0 unspecified atom stereocenters. The number of thiophene rings is 1. The SMILES string of the molecule is c1ccc(-n2c3ccccc3c3cc(N(c4ccc(-c5cccc6c5sc5ccccc56)cc4)c4ccc5oc6ccccc6c5c4)ccc32)cc1. The van der Waals surface area contributed by atoms with E-state index in [1.165, 1.54) is 53.1 Å². The van der Waals surface area contributed by atoms with E-state index in [1.807, 2.05) is 23.5 Å². The number of aromatic nitrogens is 1. The molecule has 3 aromatic heterocycles. The zero-order chi connectivity index (χ0) is 34.2. The maximum absolute atomic E-state index is 6.25. The minimum Gasteiger partial charge on any atom is -0.456 e. The highest BCUT2D eigenvalue weighted by Gasteiger charge is 2.19. The summed E-state index contributed by atoms with van der Waals surface area (Å²) in [6.45, 7) is 0. The van der Waals surface area contributed by atoms with E-state index in [9.17, 15) is 0 Å². The van der Waals surface area contributed by atoms with Crippen LogP contribution in [0.1, 0.15) is 0 Å². The van der Waals surface area contributed by atoms with Gasteiger partial charge in [-0.15, -0.1) is 11.3 Å². The van der Waals surface area contributed by atoms with Gasteiger partial charge in [0.25, 0.3) is 0 Å². The van der Waals surface area contributed by atoms with Crippen LogP contribution in [-0.4, -0.2) is 4.57 Å². The minimum absolute atomic E-state index is 0.887. The second kappa shape index (κ2) is 11.5. The van der Waals surface area contributed by atoms with Crippen LogP contribution in [0.5, 0.6) is 0 Å². The van der Waals surface area contributed by atoms with Crippen LogP contribution in [0.3, 0.4) is 0 Å². The number of para-hydroxylation sites is 3. The fourth-order valence-corrected chi connectivity index (χ4v) is 9.26. The zero-order valence-corrected chi connectivity index (χ0v) is 28.8. The molecule has 0 spiro atoms. The van der Waals surface area contributed by atoms with Crippen LogP contribution in [0.15, 0.2) is 186 Å². The Labute approximate surface area is 303 Å². The molecule has 0 atom stereocenters. The normalized spacial score (nSPS) is 11.8. The topological polar surface area (TPSA) is 21.3 Å². The van der Waals surface area contributed by atoms with Gasteiger partial charge in [-0.25, -0.2) is 0 Å². The molecule has 0 amide bonds. The van der Waals surface area contributed by atoms with E-state index >= 15 is 0 Å². The number of furan rings is 1. The van der Waals surface area contributed by atoms with Crippen LogP contribution < -0.4 is 4.90 Å². The lowest BCUT2D eigenvalue weighted by atomic mass is 10.0. The number of nitrogens with zero attached hydrogens (tertiary/aromatic N) is 2. The lowest BCUT2D eigenvalue weighted by molar-refractivity contribution is 0.669. The van der Waals surface area contributed by atoms with Gasteiger partial charge in [0.05, 0.1) is 11.0 Å². The Bertz CT molecular complexity index is 3130. The van der Waals surface area contributed by atoms with Crippen molar-refractivity contribution in [1.82, 2.24) is 4.57 Å². The van der Waals surface area contributed by atoms with Crippen molar-refractivity contribution >= 4 is 92.3 Å². The van der Waals surface area contributed by atoms with Crippen LogP contribution in [0, 0.1) is 0 Å². The number of benzene rings is 8. The Morgan fingerprint density at radius 1 is 0.423 bits per heavy atom. The Morgan fingerprint density at radius 2 is 1.06 bits per heavy atom. The maximum atomic E-state index is 6.25. The van der Waals surface area contributed by atoms with E-state index in [1.54, 1.807) is 0 Å². The third-order valence-electron chi connectivity index (χ3n) is 10.4. The summed E-state index contributed by atoms with van der Waals surface area (Å²) in [7, 11) is 0. The second-order valence-corrected chi connectivity index (χ2v) is 14.4.